The van der Waals surface area contributed by atoms with Crippen molar-refractivity contribution in [1.82, 2.24) is 20.0 Å². The summed E-state index contributed by atoms with van der Waals surface area (Å²) in [7, 11) is 0. The van der Waals surface area contributed by atoms with Crippen LogP contribution in [0.5, 0.6) is 0 Å². The van der Waals surface area contributed by atoms with Crippen LogP contribution in [0, 0.1) is 11.3 Å². The van der Waals surface area contributed by atoms with Crippen LogP contribution in [-0.4, -0.2) is 52.1 Å². The lowest BCUT2D eigenvalue weighted by Crippen LogP contribution is -2.54. The summed E-state index contributed by atoms with van der Waals surface area (Å²) < 4.78 is 6.03. The average molecular weight is 368 g/mol. The Morgan fingerprint density at radius 2 is 2.15 bits per heavy atom. The molecule has 1 N–H and O–H groups in total. The summed E-state index contributed by atoms with van der Waals surface area (Å²) in [6, 6.07) is 6.01. The van der Waals surface area contributed by atoms with E-state index < -0.39 is 0 Å². The molecular weight excluding hydrogens is 340 g/mol. The van der Waals surface area contributed by atoms with Crippen molar-refractivity contribution in [3.63, 3.8) is 0 Å². The minimum Gasteiger partial charge on any atom is -0.458 e. The van der Waals surface area contributed by atoms with Crippen molar-refractivity contribution in [2.45, 2.75) is 45.1 Å². The minimum atomic E-state index is 0.278. The second-order valence-corrected chi connectivity index (χ2v) is 8.77. The Labute approximate surface area is 159 Å². The van der Waals surface area contributed by atoms with Crippen LogP contribution < -0.4 is 0 Å². The number of amides is 1. The fraction of sp³-hybridized carbons (Fsp3) is 0.619. The molecule has 27 heavy (non-hydrogen) atoms. The third kappa shape index (κ3) is 3.68. The Kier molecular flexibility index (Phi) is 4.31. The van der Waals surface area contributed by atoms with Gasteiger partial charge >= 0.3 is 0 Å². The van der Waals surface area contributed by atoms with Gasteiger partial charge in [0.25, 0.3) is 0 Å². The molecule has 3 fully saturated rings. The molecular formula is C21H28N4O2. The van der Waals surface area contributed by atoms with Crippen molar-refractivity contribution >= 4 is 5.91 Å². The van der Waals surface area contributed by atoms with Gasteiger partial charge in [0.2, 0.25) is 5.91 Å². The molecule has 2 saturated heterocycles. The van der Waals surface area contributed by atoms with Gasteiger partial charge in [-0.25, -0.2) is 0 Å². The van der Waals surface area contributed by atoms with E-state index in [1.807, 2.05) is 12.1 Å². The van der Waals surface area contributed by atoms with Gasteiger partial charge in [-0.1, -0.05) is 0 Å². The van der Waals surface area contributed by atoms with Gasteiger partial charge in [-0.05, 0) is 62.8 Å². The van der Waals surface area contributed by atoms with Crippen LogP contribution in [0.4, 0.5) is 0 Å². The van der Waals surface area contributed by atoms with Gasteiger partial charge in [0.1, 0.15) is 11.5 Å². The molecule has 1 saturated carbocycles. The number of piperidine rings is 2. The second-order valence-electron chi connectivity index (χ2n) is 8.77. The van der Waals surface area contributed by atoms with E-state index in [9.17, 15) is 4.79 Å². The molecule has 144 valence electrons. The Hall–Kier alpha value is -2.08. The monoisotopic (exact) mass is 368 g/mol. The van der Waals surface area contributed by atoms with Crippen LogP contribution in [0.3, 0.4) is 0 Å². The molecule has 6 heteroatoms. The molecule has 2 aromatic rings. The lowest BCUT2D eigenvalue weighted by molar-refractivity contribution is -0.139. The number of nitrogens with one attached hydrogen (secondary N) is 1. The fourth-order valence-corrected chi connectivity index (χ4v) is 4.88. The van der Waals surface area contributed by atoms with Crippen molar-refractivity contribution in [2.24, 2.45) is 11.3 Å². The van der Waals surface area contributed by atoms with Crippen molar-refractivity contribution < 1.29 is 9.21 Å². The van der Waals surface area contributed by atoms with Crippen molar-refractivity contribution in [1.29, 1.82) is 0 Å². The first-order valence-electron chi connectivity index (χ1n) is 10.3. The summed E-state index contributed by atoms with van der Waals surface area (Å²) in [6.07, 6.45) is 8.57. The second kappa shape index (κ2) is 6.82. The molecule has 1 amide bonds. The van der Waals surface area contributed by atoms with E-state index in [1.54, 1.807) is 6.20 Å². The SMILES string of the molecule is O=C1CC[C@]2(CCCN(Cc3ccc(-c4ccn[nH]4)o3)C2)CN1CC1CC1. The summed E-state index contributed by atoms with van der Waals surface area (Å²) >= 11 is 0. The number of rotatable bonds is 5. The summed E-state index contributed by atoms with van der Waals surface area (Å²) in [5, 5.41) is 6.94. The highest BCUT2D eigenvalue weighted by atomic mass is 16.3. The molecule has 0 unspecified atom stereocenters. The molecule has 2 aliphatic heterocycles. The molecule has 5 rings (SSSR count). The van der Waals surface area contributed by atoms with Gasteiger partial charge < -0.3 is 9.32 Å². The van der Waals surface area contributed by atoms with Crippen LogP contribution in [0.2, 0.25) is 0 Å². The van der Waals surface area contributed by atoms with Crippen LogP contribution in [0.25, 0.3) is 11.5 Å². The van der Waals surface area contributed by atoms with E-state index in [2.05, 4.69) is 26.1 Å². The van der Waals surface area contributed by atoms with Gasteiger partial charge in [-0.2, -0.15) is 5.10 Å². The number of hydrogen-bond donors (Lipinski definition) is 1. The zero-order valence-electron chi connectivity index (χ0n) is 15.8. The zero-order valence-corrected chi connectivity index (χ0v) is 15.8. The lowest BCUT2D eigenvalue weighted by Gasteiger charge is -2.48. The van der Waals surface area contributed by atoms with E-state index in [1.165, 1.54) is 25.7 Å². The first-order valence-corrected chi connectivity index (χ1v) is 10.3. The van der Waals surface area contributed by atoms with Crippen LogP contribution in [0.1, 0.15) is 44.3 Å². The number of carbonyl (C=O) groups excluding carboxylic acids is 1. The molecule has 1 atom stereocenters. The van der Waals surface area contributed by atoms with Crippen LogP contribution >= 0.6 is 0 Å². The van der Waals surface area contributed by atoms with E-state index in [4.69, 9.17) is 4.42 Å². The van der Waals surface area contributed by atoms with E-state index in [0.29, 0.717) is 5.91 Å². The Morgan fingerprint density at radius 1 is 1.22 bits per heavy atom. The van der Waals surface area contributed by atoms with E-state index >= 15 is 0 Å². The first kappa shape index (κ1) is 17.0. The Bertz CT molecular complexity index is 795. The molecule has 0 aromatic carbocycles. The number of nitrogens with zero attached hydrogens (tertiary/aromatic N) is 3. The van der Waals surface area contributed by atoms with Gasteiger partial charge in [0.15, 0.2) is 5.76 Å². The van der Waals surface area contributed by atoms with Gasteiger partial charge in [0.05, 0.1) is 6.54 Å². The number of H-pyrrole nitrogens is 1. The van der Waals surface area contributed by atoms with Gasteiger partial charge in [-0.3, -0.25) is 14.8 Å². The topological polar surface area (TPSA) is 65.4 Å². The Balaban J connectivity index is 1.24. The van der Waals surface area contributed by atoms with Gasteiger partial charge in [-0.15, -0.1) is 0 Å². The van der Waals surface area contributed by atoms with Gasteiger partial charge in [0, 0.05) is 37.7 Å². The number of furan rings is 1. The number of carbonyl (C=O) groups is 1. The third-order valence-corrected chi connectivity index (χ3v) is 6.47. The minimum absolute atomic E-state index is 0.278. The number of hydrogen-bond acceptors (Lipinski definition) is 4. The molecule has 4 heterocycles. The largest absolute Gasteiger partial charge is 0.458 e. The number of likely N-dealkylation sites (tertiary alicyclic amines) is 2. The highest BCUT2D eigenvalue weighted by Crippen LogP contribution is 2.41. The quantitative estimate of drug-likeness (QED) is 0.880. The summed E-state index contributed by atoms with van der Waals surface area (Å²) in [5.41, 5.74) is 1.19. The third-order valence-electron chi connectivity index (χ3n) is 6.47. The number of aromatic amines is 1. The van der Waals surface area contributed by atoms with Crippen molar-refractivity contribution in [2.75, 3.05) is 26.2 Å². The predicted molar refractivity (Wildman–Crippen MR) is 102 cm³/mol. The predicted octanol–water partition coefficient (Wildman–Crippen LogP) is 3.28. The summed E-state index contributed by atoms with van der Waals surface area (Å²) in [6.45, 7) is 4.97. The highest BCUT2D eigenvalue weighted by molar-refractivity contribution is 5.77. The lowest BCUT2D eigenvalue weighted by atomic mass is 9.73. The van der Waals surface area contributed by atoms with Crippen LogP contribution in [0.15, 0.2) is 28.8 Å². The Morgan fingerprint density at radius 3 is 2.96 bits per heavy atom. The fourth-order valence-electron chi connectivity index (χ4n) is 4.88. The molecule has 0 bridgehead atoms. The van der Waals surface area contributed by atoms with Crippen LogP contribution in [-0.2, 0) is 11.3 Å². The maximum atomic E-state index is 12.4. The molecule has 0 radical (unpaired) electrons. The summed E-state index contributed by atoms with van der Waals surface area (Å²) in [4.78, 5) is 17.1. The molecule has 3 aliphatic rings. The number of aromatic nitrogens is 2. The zero-order chi connectivity index (χ0) is 18.3. The highest BCUT2D eigenvalue weighted by Gasteiger charge is 2.42. The molecule has 6 nitrogen and oxygen atoms in total. The summed E-state index contributed by atoms with van der Waals surface area (Å²) in [5.74, 6) is 2.99. The standard InChI is InChI=1S/C21H28N4O2/c26-20-6-9-21(15-25(20)12-16-2-3-16)8-1-11-24(14-21)13-17-4-5-19(27-17)18-7-10-22-23-18/h4-5,7,10,16H,1-3,6,8-9,11-15H2,(H,22,23)/t21-/m0/s1. The van der Waals surface area contributed by atoms with Crippen molar-refractivity contribution in [3.8, 4) is 11.5 Å². The van der Waals surface area contributed by atoms with E-state index in [0.717, 1.165) is 68.7 Å². The maximum absolute atomic E-state index is 12.4. The average Bonchev–Trinajstić information content (AvgIpc) is 3.12. The van der Waals surface area contributed by atoms with E-state index in [-0.39, 0.29) is 5.41 Å². The van der Waals surface area contributed by atoms with Crippen molar-refractivity contribution in [3.05, 3.63) is 30.2 Å². The molecule has 1 spiro atoms. The molecule has 2 aromatic heterocycles. The normalized spacial score (nSPS) is 26.8. The smallest absolute Gasteiger partial charge is 0.222 e. The first-order chi connectivity index (χ1) is 13.2. The molecule has 1 aliphatic carbocycles. The maximum Gasteiger partial charge on any atom is 0.222 e.